The van der Waals surface area contributed by atoms with E-state index in [0.717, 1.165) is 42.5 Å². The van der Waals surface area contributed by atoms with Gasteiger partial charge in [-0.15, -0.1) is 11.3 Å². The first-order valence-corrected chi connectivity index (χ1v) is 16.3. The standard InChI is InChI=1S/C27H34N2O5S3/c1-3-29(23-10-5-4-6-11-23)37(32,33)27-16-14-26(15-17-27)36(30,31)28(21-25-13-8-18-35-25)20-22-9-7-12-24(19-22)34-2/h7-9,12-19,23H,3-6,10-11,20-21H2,1-2H3. The molecule has 1 heterocycles. The first-order valence-electron chi connectivity index (χ1n) is 12.5. The minimum absolute atomic E-state index is 0.00342. The summed E-state index contributed by atoms with van der Waals surface area (Å²) < 4.78 is 62.7. The van der Waals surface area contributed by atoms with Crippen LogP contribution >= 0.6 is 11.3 Å². The molecule has 37 heavy (non-hydrogen) atoms. The van der Waals surface area contributed by atoms with Crippen molar-refractivity contribution in [1.29, 1.82) is 0 Å². The van der Waals surface area contributed by atoms with E-state index in [-0.39, 0.29) is 28.9 Å². The van der Waals surface area contributed by atoms with Crippen LogP contribution in [-0.2, 0) is 33.1 Å². The lowest BCUT2D eigenvalue weighted by Crippen LogP contribution is -2.41. The van der Waals surface area contributed by atoms with Crippen molar-refractivity contribution in [3.63, 3.8) is 0 Å². The summed E-state index contributed by atoms with van der Waals surface area (Å²) >= 11 is 1.49. The average Bonchev–Trinajstić information content (AvgIpc) is 3.43. The molecule has 0 aliphatic heterocycles. The molecule has 0 unspecified atom stereocenters. The molecule has 2 aromatic carbocycles. The van der Waals surface area contributed by atoms with Gasteiger partial charge in [-0.1, -0.05) is 44.4 Å². The smallest absolute Gasteiger partial charge is 0.243 e. The molecular formula is C27H34N2O5S3. The molecule has 0 N–H and O–H groups in total. The van der Waals surface area contributed by atoms with E-state index < -0.39 is 20.0 Å². The molecule has 3 aromatic rings. The number of hydrogen-bond donors (Lipinski definition) is 0. The number of ether oxygens (including phenoxy) is 1. The molecule has 7 nitrogen and oxygen atoms in total. The van der Waals surface area contributed by atoms with Crippen molar-refractivity contribution in [2.75, 3.05) is 13.7 Å². The van der Waals surface area contributed by atoms with Crippen molar-refractivity contribution in [1.82, 2.24) is 8.61 Å². The van der Waals surface area contributed by atoms with E-state index in [0.29, 0.717) is 12.3 Å². The second-order valence-corrected chi connectivity index (χ2v) is 14.0. The molecule has 1 fully saturated rings. The molecule has 1 aromatic heterocycles. The van der Waals surface area contributed by atoms with Crippen molar-refractivity contribution in [2.24, 2.45) is 0 Å². The third-order valence-corrected chi connectivity index (χ3v) is 11.5. The monoisotopic (exact) mass is 562 g/mol. The lowest BCUT2D eigenvalue weighted by Gasteiger charge is -2.32. The van der Waals surface area contributed by atoms with Crippen LogP contribution in [0.3, 0.4) is 0 Å². The van der Waals surface area contributed by atoms with Gasteiger partial charge >= 0.3 is 0 Å². The van der Waals surface area contributed by atoms with Gasteiger partial charge in [-0.3, -0.25) is 0 Å². The summed E-state index contributed by atoms with van der Waals surface area (Å²) in [5.41, 5.74) is 0.796. The van der Waals surface area contributed by atoms with Crippen LogP contribution in [0.4, 0.5) is 0 Å². The number of hydrogen-bond acceptors (Lipinski definition) is 6. The van der Waals surface area contributed by atoms with Gasteiger partial charge in [0.15, 0.2) is 0 Å². The van der Waals surface area contributed by atoms with Crippen LogP contribution < -0.4 is 4.74 Å². The molecule has 0 bridgehead atoms. The molecule has 0 spiro atoms. The first kappa shape index (κ1) is 27.8. The van der Waals surface area contributed by atoms with Gasteiger partial charge in [-0.25, -0.2) is 16.8 Å². The molecular weight excluding hydrogens is 529 g/mol. The SMILES string of the molecule is CCN(C1CCCCC1)S(=O)(=O)c1ccc(S(=O)(=O)N(Cc2cccc(OC)c2)Cc2cccs2)cc1. The molecule has 0 saturated heterocycles. The Bertz CT molecular complexity index is 1370. The average molecular weight is 563 g/mol. The topological polar surface area (TPSA) is 84.0 Å². The molecule has 4 rings (SSSR count). The molecule has 0 amide bonds. The Morgan fingerprint density at radius 3 is 2.14 bits per heavy atom. The second-order valence-electron chi connectivity index (χ2n) is 9.18. The van der Waals surface area contributed by atoms with Crippen molar-refractivity contribution in [3.05, 3.63) is 76.5 Å². The van der Waals surface area contributed by atoms with E-state index in [1.54, 1.807) is 11.4 Å². The third-order valence-electron chi connectivity index (χ3n) is 6.77. The number of sulfonamides is 2. The van der Waals surface area contributed by atoms with Crippen LogP contribution in [0.15, 0.2) is 75.8 Å². The van der Waals surface area contributed by atoms with E-state index in [2.05, 4.69) is 0 Å². The highest BCUT2D eigenvalue weighted by Crippen LogP contribution is 2.29. The van der Waals surface area contributed by atoms with Crippen LogP contribution in [-0.4, -0.2) is 45.1 Å². The zero-order valence-corrected chi connectivity index (χ0v) is 23.7. The summed E-state index contributed by atoms with van der Waals surface area (Å²) in [5, 5.41) is 1.91. The summed E-state index contributed by atoms with van der Waals surface area (Å²) in [6.45, 7) is 2.61. The number of thiophene rings is 1. The zero-order chi connectivity index (χ0) is 26.5. The summed E-state index contributed by atoms with van der Waals surface area (Å²) in [6.07, 6.45) is 4.92. The van der Waals surface area contributed by atoms with Crippen LogP contribution in [0.5, 0.6) is 5.75 Å². The lowest BCUT2D eigenvalue weighted by atomic mass is 9.95. The van der Waals surface area contributed by atoms with E-state index in [1.165, 1.54) is 39.9 Å². The maximum Gasteiger partial charge on any atom is 0.243 e. The normalized spacial score (nSPS) is 15.4. The fourth-order valence-corrected chi connectivity index (χ4v) is 8.74. The maximum atomic E-state index is 13.8. The zero-order valence-electron chi connectivity index (χ0n) is 21.2. The predicted molar refractivity (Wildman–Crippen MR) is 147 cm³/mol. The summed E-state index contributed by atoms with van der Waals surface area (Å²) in [5.74, 6) is 0.652. The van der Waals surface area contributed by atoms with Crippen LogP contribution in [0.1, 0.15) is 49.5 Å². The minimum atomic E-state index is -3.91. The Balaban J connectivity index is 1.62. The van der Waals surface area contributed by atoms with Gasteiger partial charge in [0.2, 0.25) is 20.0 Å². The molecule has 1 aliphatic carbocycles. The molecule has 1 saturated carbocycles. The molecule has 1 aliphatic rings. The molecule has 10 heteroatoms. The van der Waals surface area contributed by atoms with Gasteiger partial charge in [0.05, 0.1) is 16.9 Å². The number of benzene rings is 2. The highest BCUT2D eigenvalue weighted by Gasteiger charge is 2.32. The van der Waals surface area contributed by atoms with E-state index in [9.17, 15) is 16.8 Å². The molecule has 200 valence electrons. The Labute approximate surface area is 224 Å². The fourth-order valence-electron chi connectivity index (χ4n) is 4.84. The van der Waals surface area contributed by atoms with Gasteiger partial charge < -0.3 is 4.74 Å². The maximum absolute atomic E-state index is 13.8. The van der Waals surface area contributed by atoms with Gasteiger partial charge in [0.1, 0.15) is 5.75 Å². The molecule has 0 atom stereocenters. The summed E-state index contributed by atoms with van der Waals surface area (Å²) in [4.78, 5) is 1.10. The quantitative estimate of drug-likeness (QED) is 0.309. The van der Waals surface area contributed by atoms with Crippen molar-refractivity contribution < 1.29 is 21.6 Å². The van der Waals surface area contributed by atoms with Gasteiger partial charge in [-0.05, 0) is 66.2 Å². The summed E-state index contributed by atoms with van der Waals surface area (Å²) in [6, 6.07) is 16.8. The van der Waals surface area contributed by atoms with Crippen LogP contribution in [0.25, 0.3) is 0 Å². The Morgan fingerprint density at radius 1 is 0.865 bits per heavy atom. The van der Waals surface area contributed by atoms with Crippen molar-refractivity contribution in [3.8, 4) is 5.75 Å². The third kappa shape index (κ3) is 6.43. The van der Waals surface area contributed by atoms with Crippen LogP contribution in [0, 0.1) is 0 Å². The number of nitrogens with zero attached hydrogens (tertiary/aromatic N) is 2. The second kappa shape index (κ2) is 12.1. The van der Waals surface area contributed by atoms with Crippen molar-refractivity contribution in [2.45, 2.75) is 68.0 Å². The van der Waals surface area contributed by atoms with Gasteiger partial charge in [0.25, 0.3) is 0 Å². The Kier molecular flexibility index (Phi) is 9.07. The van der Waals surface area contributed by atoms with Gasteiger partial charge in [-0.2, -0.15) is 8.61 Å². The highest BCUT2D eigenvalue weighted by atomic mass is 32.2. The number of methoxy groups -OCH3 is 1. The van der Waals surface area contributed by atoms with Crippen molar-refractivity contribution >= 4 is 31.4 Å². The van der Waals surface area contributed by atoms with E-state index >= 15 is 0 Å². The van der Waals surface area contributed by atoms with Gasteiger partial charge in [0, 0.05) is 30.6 Å². The fraction of sp³-hybridized carbons (Fsp3) is 0.407. The Hall–Kier alpha value is -2.24. The largest absolute Gasteiger partial charge is 0.497 e. The highest BCUT2D eigenvalue weighted by molar-refractivity contribution is 7.89. The van der Waals surface area contributed by atoms with Crippen LogP contribution in [0.2, 0.25) is 0 Å². The lowest BCUT2D eigenvalue weighted by molar-refractivity contribution is 0.261. The van der Waals surface area contributed by atoms with E-state index in [1.807, 2.05) is 48.7 Å². The minimum Gasteiger partial charge on any atom is -0.497 e. The predicted octanol–water partition coefficient (Wildman–Crippen LogP) is 5.49. The Morgan fingerprint density at radius 2 is 1.54 bits per heavy atom. The first-order chi connectivity index (χ1) is 17.8. The summed E-state index contributed by atoms with van der Waals surface area (Å²) in [7, 11) is -6.06. The number of rotatable bonds is 11. The molecule has 0 radical (unpaired) electrons. The van der Waals surface area contributed by atoms with E-state index in [4.69, 9.17) is 4.74 Å².